The van der Waals surface area contributed by atoms with E-state index >= 15 is 0 Å². The number of halogens is 1. The number of rotatable bonds is 7. The van der Waals surface area contributed by atoms with Gasteiger partial charge < -0.3 is 10.6 Å². The van der Waals surface area contributed by atoms with Crippen LogP contribution in [0.15, 0.2) is 55.0 Å². The van der Waals surface area contributed by atoms with Crippen LogP contribution >= 0.6 is 0 Å². The third-order valence-electron chi connectivity index (χ3n) is 3.33. The fourth-order valence-electron chi connectivity index (χ4n) is 2.25. The highest BCUT2D eigenvalue weighted by Crippen LogP contribution is 2.22. The molecule has 3 N–H and O–H groups in total. The Labute approximate surface area is 169 Å². The van der Waals surface area contributed by atoms with Crippen molar-refractivity contribution < 1.29 is 12.8 Å². The molecule has 154 valence electrons. The number of benzene rings is 1. The third kappa shape index (κ3) is 7.70. The van der Waals surface area contributed by atoms with Gasteiger partial charge in [0.25, 0.3) is 0 Å². The highest BCUT2D eigenvalue weighted by molar-refractivity contribution is 7.92. The summed E-state index contributed by atoms with van der Waals surface area (Å²) in [6.07, 6.45) is 5.64. The van der Waals surface area contributed by atoms with Crippen LogP contribution in [0.3, 0.4) is 0 Å². The number of hydrogen-bond acceptors (Lipinski definition) is 7. The maximum atomic E-state index is 13.0. The summed E-state index contributed by atoms with van der Waals surface area (Å²) in [4.78, 5) is 12.5. The van der Waals surface area contributed by atoms with E-state index in [-0.39, 0.29) is 5.82 Å². The molecule has 0 radical (unpaired) electrons. The van der Waals surface area contributed by atoms with Crippen molar-refractivity contribution in [1.82, 2.24) is 15.0 Å². The van der Waals surface area contributed by atoms with Crippen LogP contribution in [0.2, 0.25) is 0 Å². The van der Waals surface area contributed by atoms with Gasteiger partial charge >= 0.3 is 0 Å². The van der Waals surface area contributed by atoms with E-state index < -0.39 is 10.0 Å². The average molecular weight is 418 g/mol. The Morgan fingerprint density at radius 3 is 2.31 bits per heavy atom. The van der Waals surface area contributed by atoms with Gasteiger partial charge in [0.1, 0.15) is 23.3 Å². The molecule has 0 spiro atoms. The van der Waals surface area contributed by atoms with Gasteiger partial charge in [0.2, 0.25) is 10.0 Å². The highest BCUT2D eigenvalue weighted by Gasteiger charge is 2.08. The average Bonchev–Trinajstić information content (AvgIpc) is 2.68. The van der Waals surface area contributed by atoms with Crippen molar-refractivity contribution in [2.75, 3.05) is 21.6 Å². The molecule has 0 aliphatic rings. The number of nitrogens with zero attached hydrogens (tertiary/aromatic N) is 3. The smallest absolute Gasteiger partial charge is 0.229 e. The minimum Gasteiger partial charge on any atom is -0.366 e. The summed E-state index contributed by atoms with van der Waals surface area (Å²) in [7, 11) is -3.46. The Balaban J connectivity index is 0.00000145. The number of hydrogen-bond donors (Lipinski definition) is 3. The fourth-order valence-corrected chi connectivity index (χ4v) is 2.79. The van der Waals surface area contributed by atoms with Crippen LogP contribution in [0.1, 0.15) is 19.4 Å². The van der Waals surface area contributed by atoms with Gasteiger partial charge in [0.05, 0.1) is 18.1 Å². The summed E-state index contributed by atoms with van der Waals surface area (Å²) < 4.78 is 38.5. The maximum Gasteiger partial charge on any atom is 0.229 e. The largest absolute Gasteiger partial charge is 0.366 e. The predicted molar refractivity (Wildman–Crippen MR) is 113 cm³/mol. The van der Waals surface area contributed by atoms with Gasteiger partial charge in [-0.15, -0.1) is 0 Å². The summed E-state index contributed by atoms with van der Waals surface area (Å²) in [6, 6.07) is 9.14. The van der Waals surface area contributed by atoms with E-state index in [1.54, 1.807) is 24.3 Å². The van der Waals surface area contributed by atoms with Gasteiger partial charge in [-0.25, -0.2) is 22.8 Å². The SMILES string of the molecule is CC.CS(=O)(=O)Nc1cc(NCc2ccc(F)cc2)nc(Nc2cnccn2)c1. The number of aromatic nitrogens is 3. The molecule has 0 amide bonds. The van der Waals surface area contributed by atoms with Crippen molar-refractivity contribution in [3.63, 3.8) is 0 Å². The zero-order valence-electron chi connectivity index (χ0n) is 16.3. The lowest BCUT2D eigenvalue weighted by Crippen LogP contribution is -2.11. The molecule has 29 heavy (non-hydrogen) atoms. The molecule has 3 rings (SSSR count). The molecule has 10 heteroatoms. The van der Waals surface area contributed by atoms with Gasteiger partial charge in [-0.1, -0.05) is 26.0 Å². The zero-order chi connectivity index (χ0) is 21.3. The van der Waals surface area contributed by atoms with Crippen molar-refractivity contribution in [3.8, 4) is 0 Å². The van der Waals surface area contributed by atoms with Gasteiger partial charge in [-0.05, 0) is 17.7 Å². The Morgan fingerprint density at radius 1 is 1.00 bits per heavy atom. The molecule has 2 aromatic heterocycles. The van der Waals surface area contributed by atoms with Crippen molar-refractivity contribution >= 4 is 33.2 Å². The lowest BCUT2D eigenvalue weighted by molar-refractivity contribution is 0.607. The number of sulfonamides is 1. The molecule has 3 aromatic rings. The van der Waals surface area contributed by atoms with Crippen molar-refractivity contribution in [1.29, 1.82) is 0 Å². The molecule has 8 nitrogen and oxygen atoms in total. The first kappa shape index (κ1) is 22.0. The molecule has 0 bridgehead atoms. The molecular weight excluding hydrogens is 395 g/mol. The first-order valence-electron chi connectivity index (χ1n) is 8.89. The van der Waals surface area contributed by atoms with Crippen molar-refractivity contribution in [2.24, 2.45) is 0 Å². The van der Waals surface area contributed by atoms with Crippen LogP contribution in [-0.2, 0) is 16.6 Å². The molecule has 0 saturated heterocycles. The lowest BCUT2D eigenvalue weighted by atomic mass is 10.2. The molecule has 0 aliphatic heterocycles. The normalized spacial score (nSPS) is 10.5. The minimum atomic E-state index is -3.46. The summed E-state index contributed by atoms with van der Waals surface area (Å²) in [6.45, 7) is 4.39. The number of nitrogens with one attached hydrogen (secondary N) is 3. The molecular formula is C19H23FN6O2S. The van der Waals surface area contributed by atoms with Crippen molar-refractivity contribution in [2.45, 2.75) is 20.4 Å². The first-order chi connectivity index (χ1) is 13.9. The van der Waals surface area contributed by atoms with E-state index in [1.807, 2.05) is 13.8 Å². The van der Waals surface area contributed by atoms with Crippen LogP contribution in [0, 0.1) is 5.82 Å². The second kappa shape index (κ2) is 10.3. The molecule has 0 aliphatic carbocycles. The summed E-state index contributed by atoms with van der Waals surface area (Å²) in [5.41, 5.74) is 1.18. The van der Waals surface area contributed by atoms with Gasteiger partial charge in [-0.3, -0.25) is 9.71 Å². The molecule has 2 heterocycles. The lowest BCUT2D eigenvalue weighted by Gasteiger charge is -2.12. The summed E-state index contributed by atoms with van der Waals surface area (Å²) in [5, 5.41) is 6.06. The van der Waals surface area contributed by atoms with Crippen LogP contribution in [0.5, 0.6) is 0 Å². The summed E-state index contributed by atoms with van der Waals surface area (Å²) in [5.74, 6) is 0.961. The monoisotopic (exact) mass is 418 g/mol. The molecule has 0 fully saturated rings. The topological polar surface area (TPSA) is 109 Å². The summed E-state index contributed by atoms with van der Waals surface area (Å²) >= 11 is 0. The molecule has 0 unspecified atom stereocenters. The second-order valence-electron chi connectivity index (χ2n) is 5.70. The first-order valence-corrected chi connectivity index (χ1v) is 10.8. The van der Waals surface area contributed by atoms with Crippen LogP contribution in [0.4, 0.5) is 27.5 Å². The van der Waals surface area contributed by atoms with E-state index in [4.69, 9.17) is 0 Å². The zero-order valence-corrected chi connectivity index (χ0v) is 17.2. The van der Waals surface area contributed by atoms with Gasteiger partial charge in [0, 0.05) is 31.1 Å². The van der Waals surface area contributed by atoms with E-state index in [0.717, 1.165) is 11.8 Å². The van der Waals surface area contributed by atoms with E-state index in [2.05, 4.69) is 30.3 Å². The standard InChI is InChI=1S/C17H17FN6O2S.C2H6/c1-27(25,26)24-14-8-15(21-10-12-2-4-13(18)5-3-12)22-16(9-14)23-17-11-19-6-7-20-17;1-2/h2-9,11H,10H2,1H3,(H3,20,21,22,23,24);1-2H3. The van der Waals surface area contributed by atoms with Crippen LogP contribution < -0.4 is 15.4 Å². The predicted octanol–water partition coefficient (Wildman–Crippen LogP) is 3.76. The Hall–Kier alpha value is -3.27. The minimum absolute atomic E-state index is 0.313. The highest BCUT2D eigenvalue weighted by atomic mass is 32.2. The van der Waals surface area contributed by atoms with Crippen molar-refractivity contribution in [3.05, 3.63) is 66.4 Å². The second-order valence-corrected chi connectivity index (χ2v) is 7.44. The van der Waals surface area contributed by atoms with E-state index in [1.165, 1.54) is 30.7 Å². The third-order valence-corrected chi connectivity index (χ3v) is 3.94. The molecule has 0 atom stereocenters. The van der Waals surface area contributed by atoms with Crippen LogP contribution in [0.25, 0.3) is 0 Å². The fraction of sp³-hybridized carbons (Fsp3) is 0.211. The molecule has 1 aromatic carbocycles. The number of pyridine rings is 1. The number of anilines is 4. The quantitative estimate of drug-likeness (QED) is 0.536. The van der Waals surface area contributed by atoms with Gasteiger partial charge in [0.15, 0.2) is 0 Å². The van der Waals surface area contributed by atoms with E-state index in [9.17, 15) is 12.8 Å². The Morgan fingerprint density at radius 2 is 1.69 bits per heavy atom. The van der Waals surface area contributed by atoms with Crippen LogP contribution in [-0.4, -0.2) is 29.6 Å². The Bertz CT molecular complexity index is 1010. The van der Waals surface area contributed by atoms with Gasteiger partial charge in [-0.2, -0.15) is 0 Å². The van der Waals surface area contributed by atoms with E-state index in [0.29, 0.717) is 29.7 Å². The Kier molecular flexibility index (Phi) is 7.84. The maximum absolute atomic E-state index is 13.0. The molecule has 0 saturated carbocycles.